The van der Waals surface area contributed by atoms with Crippen LogP contribution < -0.4 is 20.3 Å². The fourth-order valence-electron chi connectivity index (χ4n) is 5.59. The molecular weight excluding hydrogens is 546 g/mol. The van der Waals surface area contributed by atoms with Crippen molar-refractivity contribution in [2.24, 2.45) is 0 Å². The van der Waals surface area contributed by atoms with Crippen molar-refractivity contribution in [2.45, 2.75) is 70.1 Å². The quantitative estimate of drug-likeness (QED) is 0.290. The summed E-state index contributed by atoms with van der Waals surface area (Å²) in [6.45, 7) is 4.04. The fourth-order valence-corrected chi connectivity index (χ4v) is 5.59. The molecule has 0 spiro atoms. The van der Waals surface area contributed by atoms with E-state index in [-0.39, 0.29) is 24.8 Å². The van der Waals surface area contributed by atoms with E-state index in [1.165, 1.54) is 24.6 Å². The number of unbranched alkanes of at least 4 members (excludes halogenated alkanes) is 1. The maximum Gasteiger partial charge on any atom is 0.251 e. The molecule has 2 aliphatic rings. The zero-order valence-electron chi connectivity index (χ0n) is 23.6. The number of ether oxygens (including phenoxy) is 1. The predicted octanol–water partition coefficient (Wildman–Crippen LogP) is 4.38. The minimum Gasteiger partial charge on any atom is -0.489 e. The zero-order chi connectivity index (χ0) is 29.6. The van der Waals surface area contributed by atoms with Crippen LogP contribution in [0.15, 0.2) is 47.2 Å². The molecule has 2 aliphatic heterocycles. The monoisotopic (exact) mass is 582 g/mol. The van der Waals surface area contributed by atoms with Crippen LogP contribution in [0, 0.1) is 11.6 Å². The molecule has 1 aromatic heterocycles. The molecule has 2 aromatic carbocycles. The summed E-state index contributed by atoms with van der Waals surface area (Å²) in [6, 6.07) is 5.63. The van der Waals surface area contributed by atoms with Crippen molar-refractivity contribution in [1.82, 2.24) is 15.6 Å². The first-order valence-electron chi connectivity index (χ1n) is 14.5. The van der Waals surface area contributed by atoms with Gasteiger partial charge in [-0.1, -0.05) is 13.3 Å². The van der Waals surface area contributed by atoms with Gasteiger partial charge >= 0.3 is 0 Å². The highest BCUT2D eigenvalue weighted by Crippen LogP contribution is 2.41. The molecule has 3 atom stereocenters. The Labute approximate surface area is 243 Å². The molecule has 0 aliphatic carbocycles. The third kappa shape index (κ3) is 7.07. The number of aliphatic hydroxyl groups excluding tert-OH is 1. The summed E-state index contributed by atoms with van der Waals surface area (Å²) in [7, 11) is 0. The summed E-state index contributed by atoms with van der Waals surface area (Å²) in [4.78, 5) is 31.8. The van der Waals surface area contributed by atoms with Crippen molar-refractivity contribution in [3.63, 3.8) is 0 Å². The predicted molar refractivity (Wildman–Crippen MR) is 152 cm³/mol. The molecule has 3 aromatic rings. The van der Waals surface area contributed by atoms with Gasteiger partial charge in [-0.2, -0.15) is 0 Å². The molecule has 1 fully saturated rings. The highest BCUT2D eigenvalue weighted by molar-refractivity contribution is 5.98. The summed E-state index contributed by atoms with van der Waals surface area (Å²) >= 11 is 0. The number of nitrogens with zero attached hydrogens (tertiary/aromatic N) is 2. The van der Waals surface area contributed by atoms with E-state index in [0.717, 1.165) is 31.1 Å². The van der Waals surface area contributed by atoms with Crippen molar-refractivity contribution < 1.29 is 32.6 Å². The average molecular weight is 583 g/mol. The summed E-state index contributed by atoms with van der Waals surface area (Å²) in [6.07, 6.45) is 5.79. The van der Waals surface area contributed by atoms with Gasteiger partial charge in [0.15, 0.2) is 5.75 Å². The van der Waals surface area contributed by atoms with Gasteiger partial charge in [0.1, 0.15) is 24.5 Å². The first-order chi connectivity index (χ1) is 20.3. The number of carbonyl (C=O) groups is 2. The topological polar surface area (TPSA) is 117 Å². The normalized spacial score (nSPS) is 17.8. The van der Waals surface area contributed by atoms with Crippen molar-refractivity contribution in [2.75, 3.05) is 24.6 Å². The van der Waals surface area contributed by atoms with E-state index < -0.39 is 29.7 Å². The van der Waals surface area contributed by atoms with Crippen LogP contribution in [-0.2, 0) is 11.2 Å². The van der Waals surface area contributed by atoms with E-state index in [1.54, 1.807) is 12.1 Å². The summed E-state index contributed by atoms with van der Waals surface area (Å²) in [5, 5.41) is 17.0. The Kier molecular flexibility index (Phi) is 9.36. The largest absolute Gasteiger partial charge is 0.489 e. The Balaban J connectivity index is 1.43. The van der Waals surface area contributed by atoms with Gasteiger partial charge in [-0.15, -0.1) is 0 Å². The second-order valence-electron chi connectivity index (χ2n) is 10.9. The molecule has 42 heavy (non-hydrogen) atoms. The zero-order valence-corrected chi connectivity index (χ0v) is 23.6. The lowest BCUT2D eigenvalue weighted by atomic mass is 9.95. The van der Waals surface area contributed by atoms with Gasteiger partial charge in [0.05, 0.1) is 36.1 Å². The maximum absolute atomic E-state index is 14.0. The molecule has 1 saturated heterocycles. The van der Waals surface area contributed by atoms with Crippen LogP contribution >= 0.6 is 0 Å². The Bertz CT molecular complexity index is 1380. The number of rotatable bonds is 12. The van der Waals surface area contributed by atoms with Crippen LogP contribution in [0.4, 0.5) is 14.5 Å². The Hall–Kier alpha value is -3.99. The number of nitrogens with one attached hydrogen (secondary N) is 2. The summed E-state index contributed by atoms with van der Waals surface area (Å²) < 4.78 is 39.6. The number of aromatic nitrogens is 1. The van der Waals surface area contributed by atoms with Crippen LogP contribution in [0.1, 0.15) is 61.4 Å². The molecule has 224 valence electrons. The van der Waals surface area contributed by atoms with Crippen molar-refractivity contribution >= 4 is 17.5 Å². The summed E-state index contributed by atoms with van der Waals surface area (Å²) in [5.74, 6) is -1.08. The summed E-state index contributed by atoms with van der Waals surface area (Å²) in [5.41, 5.74) is 1.89. The second kappa shape index (κ2) is 13.3. The van der Waals surface area contributed by atoms with Crippen LogP contribution in [0.2, 0.25) is 0 Å². The van der Waals surface area contributed by atoms with Gasteiger partial charge < -0.3 is 29.8 Å². The highest BCUT2D eigenvalue weighted by Gasteiger charge is 2.29. The lowest BCUT2D eigenvalue weighted by Crippen LogP contribution is -2.45. The molecule has 5 rings (SSSR count). The maximum atomic E-state index is 14.0. The second-order valence-corrected chi connectivity index (χ2v) is 10.9. The van der Waals surface area contributed by atoms with Crippen molar-refractivity contribution in [3.05, 3.63) is 65.6 Å². The molecule has 3 heterocycles. The number of anilines is 1. The van der Waals surface area contributed by atoms with Crippen LogP contribution in [0.3, 0.4) is 0 Å². The molecule has 0 radical (unpaired) electrons. The van der Waals surface area contributed by atoms with Gasteiger partial charge in [-0.25, -0.2) is 13.8 Å². The highest BCUT2D eigenvalue weighted by atomic mass is 19.1. The number of fused-ring (bicyclic) bond motifs is 1. The molecular formula is C31H36F2N4O5. The molecule has 2 amide bonds. The Morgan fingerprint density at radius 2 is 2.05 bits per heavy atom. The standard InChI is InChI=1S/C31H36F2N4O5/c1-2-3-9-37-10-12-41-29-24(31-34-8-11-42-31)16-20(17-26(29)37)30(40)36-25(15-19-13-21(32)18-22(33)14-19)27(38)6-4-23-5-7-28(39)35-23/h8,11,13-14,16-18,23,25,27,38H,2-7,9-10,12,15H2,1H3,(H,35,39)(H,36,40). The smallest absolute Gasteiger partial charge is 0.251 e. The first-order valence-corrected chi connectivity index (χ1v) is 14.5. The van der Waals surface area contributed by atoms with Gasteiger partial charge in [0.2, 0.25) is 11.8 Å². The number of carbonyl (C=O) groups excluding carboxylic acids is 2. The minimum absolute atomic E-state index is 0.00187. The number of amides is 2. The number of hydrogen-bond donors (Lipinski definition) is 3. The van der Waals surface area contributed by atoms with Gasteiger partial charge in [-0.3, -0.25) is 9.59 Å². The van der Waals surface area contributed by atoms with Crippen molar-refractivity contribution in [1.29, 1.82) is 0 Å². The molecule has 3 unspecified atom stereocenters. The SMILES string of the molecule is CCCCN1CCOc2c(-c3ncco3)cc(C(=O)NC(Cc3cc(F)cc(F)c3)C(O)CCC3CCC(=O)N3)cc21. The van der Waals surface area contributed by atoms with Gasteiger partial charge in [0, 0.05) is 30.6 Å². The lowest BCUT2D eigenvalue weighted by molar-refractivity contribution is -0.119. The van der Waals surface area contributed by atoms with Gasteiger partial charge in [-0.05, 0) is 61.9 Å². The third-order valence-corrected chi connectivity index (χ3v) is 7.78. The van der Waals surface area contributed by atoms with E-state index in [2.05, 4.69) is 27.4 Å². The number of benzene rings is 2. The number of halogens is 2. The number of hydrogen-bond acceptors (Lipinski definition) is 7. The molecule has 3 N–H and O–H groups in total. The molecule has 11 heteroatoms. The average Bonchev–Trinajstić information content (AvgIpc) is 3.65. The molecule has 0 saturated carbocycles. The Morgan fingerprint density at radius 3 is 2.74 bits per heavy atom. The number of oxazole rings is 1. The number of aliphatic hydroxyl groups is 1. The third-order valence-electron chi connectivity index (χ3n) is 7.78. The fraction of sp³-hybridized carbons (Fsp3) is 0.452. The minimum atomic E-state index is -1.04. The van der Waals surface area contributed by atoms with E-state index in [1.807, 2.05) is 0 Å². The molecule has 0 bridgehead atoms. The van der Waals surface area contributed by atoms with E-state index in [9.17, 15) is 23.5 Å². The Morgan fingerprint density at radius 1 is 1.24 bits per heavy atom. The van der Waals surface area contributed by atoms with E-state index in [4.69, 9.17) is 9.15 Å². The van der Waals surface area contributed by atoms with Crippen LogP contribution in [-0.4, -0.2) is 59.8 Å². The van der Waals surface area contributed by atoms with Crippen molar-refractivity contribution in [3.8, 4) is 17.2 Å². The first kappa shape index (κ1) is 29.5. The lowest BCUT2D eigenvalue weighted by Gasteiger charge is -2.33. The van der Waals surface area contributed by atoms with Crippen LogP contribution in [0.5, 0.6) is 5.75 Å². The van der Waals surface area contributed by atoms with E-state index >= 15 is 0 Å². The van der Waals surface area contributed by atoms with Gasteiger partial charge in [0.25, 0.3) is 5.91 Å². The van der Waals surface area contributed by atoms with Crippen LogP contribution in [0.25, 0.3) is 11.5 Å². The van der Waals surface area contributed by atoms with E-state index in [0.29, 0.717) is 60.7 Å². The molecule has 9 nitrogen and oxygen atoms in total.